The molecule has 1 aliphatic rings. The van der Waals surface area contributed by atoms with E-state index in [9.17, 15) is 17.6 Å². The zero-order valence-corrected chi connectivity index (χ0v) is 10.2. The predicted octanol–water partition coefficient (Wildman–Crippen LogP) is 1.65. The molecule has 0 atom stereocenters. The molecular formula is C10H9ClFNO3S. The second-order valence-electron chi connectivity index (χ2n) is 3.83. The molecule has 17 heavy (non-hydrogen) atoms. The molecule has 1 N–H and O–H groups in total. The Morgan fingerprint density at radius 1 is 1.41 bits per heavy atom. The van der Waals surface area contributed by atoms with Gasteiger partial charge in [0.25, 0.3) is 15.0 Å². The largest absolute Gasteiger partial charge is 0.349 e. The van der Waals surface area contributed by atoms with Crippen molar-refractivity contribution in [3.63, 3.8) is 0 Å². The van der Waals surface area contributed by atoms with Gasteiger partial charge < -0.3 is 5.32 Å². The van der Waals surface area contributed by atoms with Crippen molar-refractivity contribution in [2.75, 3.05) is 0 Å². The van der Waals surface area contributed by atoms with Crippen molar-refractivity contribution in [2.24, 2.45) is 0 Å². The maximum atomic E-state index is 13.4. The van der Waals surface area contributed by atoms with Gasteiger partial charge in [-0.15, -0.1) is 0 Å². The molecule has 7 heteroatoms. The molecule has 1 fully saturated rings. The first-order valence-electron chi connectivity index (χ1n) is 4.93. The Labute approximate surface area is 102 Å². The minimum atomic E-state index is -3.96. The van der Waals surface area contributed by atoms with E-state index in [4.69, 9.17) is 10.7 Å². The maximum absolute atomic E-state index is 13.4. The van der Waals surface area contributed by atoms with Crippen LogP contribution in [-0.2, 0) is 9.05 Å². The van der Waals surface area contributed by atoms with Crippen molar-refractivity contribution in [1.29, 1.82) is 0 Å². The molecule has 1 amide bonds. The van der Waals surface area contributed by atoms with E-state index < -0.39 is 20.8 Å². The predicted molar refractivity (Wildman–Crippen MR) is 59.9 cm³/mol. The van der Waals surface area contributed by atoms with Gasteiger partial charge in [0.05, 0.1) is 10.5 Å². The smallest absolute Gasteiger partial charge is 0.261 e. The third kappa shape index (κ3) is 2.95. The number of nitrogens with one attached hydrogen (secondary N) is 1. The minimum Gasteiger partial charge on any atom is -0.349 e. The Hall–Kier alpha value is -1.14. The van der Waals surface area contributed by atoms with Gasteiger partial charge in [-0.25, -0.2) is 12.8 Å². The molecule has 0 saturated heterocycles. The Morgan fingerprint density at radius 2 is 2.06 bits per heavy atom. The van der Waals surface area contributed by atoms with E-state index in [1.807, 2.05) is 0 Å². The average Bonchev–Trinajstić information content (AvgIpc) is 3.00. The summed E-state index contributed by atoms with van der Waals surface area (Å²) in [5, 5.41) is 2.57. The molecule has 0 aliphatic heterocycles. The monoisotopic (exact) mass is 277 g/mol. The van der Waals surface area contributed by atoms with Crippen LogP contribution in [0, 0.1) is 5.82 Å². The average molecular weight is 278 g/mol. The molecule has 0 bridgehead atoms. The van der Waals surface area contributed by atoms with Crippen molar-refractivity contribution in [1.82, 2.24) is 5.32 Å². The first kappa shape index (κ1) is 12.3. The number of amides is 1. The summed E-state index contributed by atoms with van der Waals surface area (Å²) < 4.78 is 35.5. The second kappa shape index (κ2) is 4.27. The Balaban J connectivity index is 2.34. The van der Waals surface area contributed by atoms with Crippen molar-refractivity contribution in [3.05, 3.63) is 29.6 Å². The summed E-state index contributed by atoms with van der Waals surface area (Å²) in [5.74, 6) is -1.39. The standard InChI is InChI=1S/C10H9ClFNO3S/c11-17(15,16)7-3-4-9(12)8(5-7)10(14)13-6-1-2-6/h3-6H,1-2H2,(H,13,14). The van der Waals surface area contributed by atoms with E-state index in [1.54, 1.807) is 0 Å². The summed E-state index contributed by atoms with van der Waals surface area (Å²) >= 11 is 0. The molecule has 1 aromatic rings. The first-order chi connectivity index (χ1) is 7.88. The Kier molecular flexibility index (Phi) is 3.09. The van der Waals surface area contributed by atoms with Gasteiger partial charge in [0.1, 0.15) is 5.82 Å². The highest BCUT2D eigenvalue weighted by atomic mass is 35.7. The maximum Gasteiger partial charge on any atom is 0.261 e. The van der Waals surface area contributed by atoms with E-state index in [0.717, 1.165) is 31.0 Å². The Bertz CT molecular complexity index is 569. The van der Waals surface area contributed by atoms with Gasteiger partial charge in [-0.1, -0.05) is 0 Å². The van der Waals surface area contributed by atoms with Crippen LogP contribution in [0.15, 0.2) is 23.1 Å². The molecule has 1 aliphatic carbocycles. The van der Waals surface area contributed by atoms with Gasteiger partial charge in [0, 0.05) is 16.7 Å². The molecule has 0 radical (unpaired) electrons. The summed E-state index contributed by atoms with van der Waals surface area (Å²) in [4.78, 5) is 11.3. The molecule has 0 aromatic heterocycles. The first-order valence-corrected chi connectivity index (χ1v) is 7.24. The lowest BCUT2D eigenvalue weighted by Crippen LogP contribution is -2.26. The van der Waals surface area contributed by atoms with E-state index >= 15 is 0 Å². The van der Waals surface area contributed by atoms with Gasteiger partial charge >= 0.3 is 0 Å². The second-order valence-corrected chi connectivity index (χ2v) is 6.39. The lowest BCUT2D eigenvalue weighted by molar-refractivity contribution is 0.0947. The summed E-state index contributed by atoms with van der Waals surface area (Å²) in [5.41, 5.74) is -0.307. The number of benzene rings is 1. The van der Waals surface area contributed by atoms with E-state index in [-0.39, 0.29) is 16.5 Å². The molecule has 0 unspecified atom stereocenters. The van der Waals surface area contributed by atoms with Crippen molar-refractivity contribution < 1.29 is 17.6 Å². The van der Waals surface area contributed by atoms with E-state index in [2.05, 4.69) is 5.32 Å². The number of rotatable bonds is 3. The molecule has 92 valence electrons. The van der Waals surface area contributed by atoms with Crippen LogP contribution in [0.4, 0.5) is 4.39 Å². The number of hydrogen-bond acceptors (Lipinski definition) is 3. The molecular weight excluding hydrogens is 269 g/mol. The number of carbonyl (C=O) groups excluding carboxylic acids is 1. The lowest BCUT2D eigenvalue weighted by Gasteiger charge is -2.05. The van der Waals surface area contributed by atoms with Crippen molar-refractivity contribution in [2.45, 2.75) is 23.8 Å². The topological polar surface area (TPSA) is 63.2 Å². The highest BCUT2D eigenvalue weighted by Crippen LogP contribution is 2.22. The number of hydrogen-bond donors (Lipinski definition) is 1. The number of carbonyl (C=O) groups is 1. The molecule has 1 saturated carbocycles. The Morgan fingerprint density at radius 3 is 2.59 bits per heavy atom. The SMILES string of the molecule is O=C(NC1CC1)c1cc(S(=O)(=O)Cl)ccc1F. The fraction of sp³-hybridized carbons (Fsp3) is 0.300. The fourth-order valence-corrected chi connectivity index (χ4v) is 2.10. The van der Waals surface area contributed by atoms with Crippen LogP contribution in [0.2, 0.25) is 0 Å². The summed E-state index contributed by atoms with van der Waals surface area (Å²) in [7, 11) is 1.16. The van der Waals surface area contributed by atoms with Gasteiger partial charge in [0.15, 0.2) is 0 Å². The van der Waals surface area contributed by atoms with Crippen LogP contribution >= 0.6 is 10.7 Å². The summed E-state index contributed by atoms with van der Waals surface area (Å²) in [6.45, 7) is 0. The molecule has 0 heterocycles. The molecule has 1 aromatic carbocycles. The third-order valence-electron chi connectivity index (χ3n) is 2.38. The van der Waals surface area contributed by atoms with Crippen LogP contribution in [0.1, 0.15) is 23.2 Å². The fourth-order valence-electron chi connectivity index (χ4n) is 1.32. The molecule has 4 nitrogen and oxygen atoms in total. The molecule has 2 rings (SSSR count). The normalized spacial score (nSPS) is 15.6. The minimum absolute atomic E-state index is 0.0677. The quantitative estimate of drug-likeness (QED) is 0.855. The van der Waals surface area contributed by atoms with Crippen LogP contribution in [0.25, 0.3) is 0 Å². The number of halogens is 2. The van der Waals surface area contributed by atoms with Crippen LogP contribution in [0.3, 0.4) is 0 Å². The summed E-state index contributed by atoms with van der Waals surface area (Å²) in [6, 6.07) is 2.94. The van der Waals surface area contributed by atoms with E-state index in [0.29, 0.717) is 0 Å². The van der Waals surface area contributed by atoms with Crippen molar-refractivity contribution in [3.8, 4) is 0 Å². The third-order valence-corrected chi connectivity index (χ3v) is 3.73. The van der Waals surface area contributed by atoms with Crippen LogP contribution < -0.4 is 5.32 Å². The van der Waals surface area contributed by atoms with Gasteiger partial charge in [-0.05, 0) is 31.0 Å². The lowest BCUT2D eigenvalue weighted by atomic mass is 10.2. The highest BCUT2D eigenvalue weighted by Gasteiger charge is 2.25. The van der Waals surface area contributed by atoms with Crippen LogP contribution in [-0.4, -0.2) is 20.4 Å². The zero-order valence-electron chi connectivity index (χ0n) is 8.61. The van der Waals surface area contributed by atoms with Gasteiger partial charge in [-0.2, -0.15) is 0 Å². The van der Waals surface area contributed by atoms with Gasteiger partial charge in [0.2, 0.25) is 0 Å². The summed E-state index contributed by atoms with van der Waals surface area (Å²) in [6.07, 6.45) is 1.72. The van der Waals surface area contributed by atoms with Crippen LogP contribution in [0.5, 0.6) is 0 Å². The highest BCUT2D eigenvalue weighted by molar-refractivity contribution is 8.13. The van der Waals surface area contributed by atoms with E-state index in [1.165, 1.54) is 0 Å². The zero-order chi connectivity index (χ0) is 12.6. The van der Waals surface area contributed by atoms with Crippen molar-refractivity contribution >= 4 is 25.6 Å². The van der Waals surface area contributed by atoms with Gasteiger partial charge in [-0.3, -0.25) is 4.79 Å². The molecule has 0 spiro atoms.